The Balaban J connectivity index is 1.86. The van der Waals surface area contributed by atoms with Gasteiger partial charge in [0.05, 0.1) is 12.1 Å². The zero-order valence-corrected chi connectivity index (χ0v) is 13.3. The van der Waals surface area contributed by atoms with Gasteiger partial charge in [-0.25, -0.2) is 4.98 Å². The molecular formula is C15H15ClN2O3S. The lowest BCUT2D eigenvalue weighted by molar-refractivity contribution is -0.137. The van der Waals surface area contributed by atoms with Crippen LogP contribution in [-0.4, -0.2) is 28.5 Å². The molecule has 22 heavy (non-hydrogen) atoms. The third kappa shape index (κ3) is 5.13. The number of carboxylic acid groups (broad SMARTS) is 1. The van der Waals surface area contributed by atoms with Crippen molar-refractivity contribution in [3.05, 3.63) is 40.4 Å². The molecule has 0 bridgehead atoms. The third-order valence-corrected chi connectivity index (χ3v) is 4.03. The first-order chi connectivity index (χ1) is 10.5. The molecule has 5 nitrogen and oxygen atoms in total. The minimum atomic E-state index is -0.861. The Morgan fingerprint density at radius 1 is 1.36 bits per heavy atom. The molecule has 7 heteroatoms. The number of halogens is 1. The molecule has 0 radical (unpaired) electrons. The quantitative estimate of drug-likeness (QED) is 0.761. The molecule has 116 valence electrons. The van der Waals surface area contributed by atoms with E-state index >= 15 is 0 Å². The van der Waals surface area contributed by atoms with Crippen LogP contribution in [0.15, 0.2) is 29.6 Å². The number of carboxylic acids is 1. The number of aliphatic carboxylic acids is 1. The summed E-state index contributed by atoms with van der Waals surface area (Å²) in [7, 11) is 0. The van der Waals surface area contributed by atoms with E-state index in [2.05, 4.69) is 10.3 Å². The molecule has 2 aromatic rings. The summed E-state index contributed by atoms with van der Waals surface area (Å²) in [5, 5.41) is 14.5. The Hall–Kier alpha value is -1.92. The molecule has 0 saturated carbocycles. The summed E-state index contributed by atoms with van der Waals surface area (Å²) in [6, 6.07) is 7.40. The van der Waals surface area contributed by atoms with Gasteiger partial charge in [0.25, 0.3) is 0 Å². The van der Waals surface area contributed by atoms with E-state index in [0.717, 1.165) is 10.6 Å². The lowest BCUT2D eigenvalue weighted by atomic mass is 10.2. The van der Waals surface area contributed by atoms with Gasteiger partial charge in [0.1, 0.15) is 5.01 Å². The van der Waals surface area contributed by atoms with Crippen LogP contribution in [0.4, 0.5) is 0 Å². The second kappa shape index (κ2) is 7.91. The van der Waals surface area contributed by atoms with Crippen molar-refractivity contribution in [2.45, 2.75) is 19.3 Å². The molecule has 1 aromatic carbocycles. The molecule has 0 aliphatic heterocycles. The number of nitrogens with zero attached hydrogens (tertiary/aromatic N) is 1. The molecular weight excluding hydrogens is 324 g/mol. The van der Waals surface area contributed by atoms with Crippen molar-refractivity contribution in [2.24, 2.45) is 0 Å². The molecule has 0 atom stereocenters. The molecule has 0 aliphatic carbocycles. The summed E-state index contributed by atoms with van der Waals surface area (Å²) in [5.41, 5.74) is 1.61. The normalized spacial score (nSPS) is 10.4. The van der Waals surface area contributed by atoms with Crippen molar-refractivity contribution in [1.29, 1.82) is 0 Å². The Morgan fingerprint density at radius 2 is 2.18 bits per heavy atom. The summed E-state index contributed by atoms with van der Waals surface area (Å²) in [5.74, 6) is -1.02. The number of rotatable bonds is 7. The smallest absolute Gasteiger partial charge is 0.303 e. The second-order valence-electron chi connectivity index (χ2n) is 4.68. The predicted molar refractivity (Wildman–Crippen MR) is 86.1 cm³/mol. The van der Waals surface area contributed by atoms with Crippen LogP contribution >= 0.6 is 22.9 Å². The summed E-state index contributed by atoms with van der Waals surface area (Å²) in [4.78, 5) is 26.5. The van der Waals surface area contributed by atoms with E-state index in [1.807, 2.05) is 23.6 Å². The second-order valence-corrected chi connectivity index (χ2v) is 5.97. The minimum Gasteiger partial charge on any atom is -0.481 e. The summed E-state index contributed by atoms with van der Waals surface area (Å²) < 4.78 is 0. The van der Waals surface area contributed by atoms with Crippen molar-refractivity contribution in [2.75, 3.05) is 6.54 Å². The van der Waals surface area contributed by atoms with Crippen LogP contribution < -0.4 is 5.32 Å². The molecule has 2 rings (SSSR count). The van der Waals surface area contributed by atoms with Crippen molar-refractivity contribution in [3.8, 4) is 10.6 Å². The Morgan fingerprint density at radius 3 is 2.91 bits per heavy atom. The zero-order valence-electron chi connectivity index (χ0n) is 11.7. The fourth-order valence-electron chi connectivity index (χ4n) is 1.84. The van der Waals surface area contributed by atoms with Crippen molar-refractivity contribution < 1.29 is 14.7 Å². The zero-order chi connectivity index (χ0) is 15.9. The maximum absolute atomic E-state index is 11.7. The van der Waals surface area contributed by atoms with Crippen LogP contribution in [0, 0.1) is 0 Å². The molecule has 0 saturated heterocycles. The van der Waals surface area contributed by atoms with Crippen LogP contribution in [0.1, 0.15) is 18.5 Å². The number of benzene rings is 1. The van der Waals surface area contributed by atoms with E-state index in [-0.39, 0.29) is 18.7 Å². The largest absolute Gasteiger partial charge is 0.481 e. The first-order valence-electron chi connectivity index (χ1n) is 6.73. The van der Waals surface area contributed by atoms with Crippen molar-refractivity contribution >= 4 is 34.8 Å². The van der Waals surface area contributed by atoms with E-state index in [1.165, 1.54) is 11.3 Å². The molecule has 0 unspecified atom stereocenters. The van der Waals surface area contributed by atoms with E-state index in [9.17, 15) is 9.59 Å². The molecule has 1 amide bonds. The monoisotopic (exact) mass is 338 g/mol. The standard InChI is InChI=1S/C15H15ClN2O3S/c16-11-4-1-3-10(7-11)15-18-12(9-22-15)8-13(19)17-6-2-5-14(20)21/h1,3-4,7,9H,2,5-6,8H2,(H,17,19)(H,20,21). The lowest BCUT2D eigenvalue weighted by Gasteiger charge is -2.02. The van der Waals surface area contributed by atoms with Gasteiger partial charge in [-0.3, -0.25) is 9.59 Å². The maximum atomic E-state index is 11.7. The van der Waals surface area contributed by atoms with Crippen LogP contribution in [-0.2, 0) is 16.0 Å². The number of carbonyl (C=O) groups excluding carboxylic acids is 1. The highest BCUT2D eigenvalue weighted by Crippen LogP contribution is 2.26. The van der Waals surface area contributed by atoms with E-state index in [0.29, 0.717) is 23.7 Å². The summed E-state index contributed by atoms with van der Waals surface area (Å²) in [6.45, 7) is 0.358. The van der Waals surface area contributed by atoms with Crippen molar-refractivity contribution in [1.82, 2.24) is 10.3 Å². The van der Waals surface area contributed by atoms with Gasteiger partial charge in [0.15, 0.2) is 0 Å². The number of amides is 1. The lowest BCUT2D eigenvalue weighted by Crippen LogP contribution is -2.26. The highest BCUT2D eigenvalue weighted by Gasteiger charge is 2.09. The fourth-order valence-corrected chi connectivity index (χ4v) is 2.84. The average molecular weight is 339 g/mol. The van der Waals surface area contributed by atoms with Gasteiger partial charge in [0.2, 0.25) is 5.91 Å². The summed E-state index contributed by atoms with van der Waals surface area (Å²) in [6.07, 6.45) is 0.659. The van der Waals surface area contributed by atoms with Gasteiger partial charge in [-0.15, -0.1) is 11.3 Å². The number of hydrogen-bond acceptors (Lipinski definition) is 4. The Bertz CT molecular complexity index is 672. The molecule has 1 heterocycles. The first kappa shape index (κ1) is 16.5. The van der Waals surface area contributed by atoms with Gasteiger partial charge in [-0.05, 0) is 18.6 Å². The number of thiazole rings is 1. The van der Waals surface area contributed by atoms with Gasteiger partial charge in [0, 0.05) is 28.9 Å². The number of hydrogen-bond donors (Lipinski definition) is 2. The average Bonchev–Trinajstić information content (AvgIpc) is 2.92. The highest BCUT2D eigenvalue weighted by molar-refractivity contribution is 7.13. The van der Waals surface area contributed by atoms with Crippen molar-refractivity contribution in [3.63, 3.8) is 0 Å². The molecule has 1 aromatic heterocycles. The maximum Gasteiger partial charge on any atom is 0.303 e. The highest BCUT2D eigenvalue weighted by atomic mass is 35.5. The van der Waals surface area contributed by atoms with Crippen LogP contribution in [0.5, 0.6) is 0 Å². The first-order valence-corrected chi connectivity index (χ1v) is 7.99. The number of nitrogens with one attached hydrogen (secondary N) is 1. The molecule has 0 fully saturated rings. The van der Waals surface area contributed by atoms with Gasteiger partial charge in [-0.1, -0.05) is 23.7 Å². The van der Waals surface area contributed by atoms with Gasteiger partial charge in [-0.2, -0.15) is 0 Å². The number of aromatic nitrogens is 1. The Kier molecular flexibility index (Phi) is 5.91. The summed E-state index contributed by atoms with van der Waals surface area (Å²) >= 11 is 7.41. The van der Waals surface area contributed by atoms with Crippen LogP contribution in [0.2, 0.25) is 5.02 Å². The van der Waals surface area contributed by atoms with E-state index in [4.69, 9.17) is 16.7 Å². The molecule has 0 spiro atoms. The van der Waals surface area contributed by atoms with Gasteiger partial charge < -0.3 is 10.4 Å². The third-order valence-electron chi connectivity index (χ3n) is 2.85. The molecule has 0 aliphatic rings. The van der Waals surface area contributed by atoms with E-state index < -0.39 is 5.97 Å². The SMILES string of the molecule is O=C(O)CCCNC(=O)Cc1csc(-c2cccc(Cl)c2)n1. The topological polar surface area (TPSA) is 79.3 Å². The van der Waals surface area contributed by atoms with E-state index in [1.54, 1.807) is 6.07 Å². The van der Waals surface area contributed by atoms with Crippen LogP contribution in [0.3, 0.4) is 0 Å². The van der Waals surface area contributed by atoms with Gasteiger partial charge >= 0.3 is 5.97 Å². The van der Waals surface area contributed by atoms with Crippen LogP contribution in [0.25, 0.3) is 10.6 Å². The number of carbonyl (C=O) groups is 2. The fraction of sp³-hybridized carbons (Fsp3) is 0.267. The molecule has 2 N–H and O–H groups in total. The minimum absolute atomic E-state index is 0.0515. The predicted octanol–water partition coefficient (Wildman–Crippen LogP) is 2.99. The Labute approximate surface area is 137 Å².